The van der Waals surface area contributed by atoms with Gasteiger partial charge in [-0.3, -0.25) is 4.90 Å². The van der Waals surface area contributed by atoms with Gasteiger partial charge in [0.2, 0.25) is 0 Å². The van der Waals surface area contributed by atoms with Crippen molar-refractivity contribution in [1.82, 2.24) is 4.90 Å². The van der Waals surface area contributed by atoms with Crippen molar-refractivity contribution < 1.29 is 19.3 Å². The molecule has 0 aromatic heterocycles. The second kappa shape index (κ2) is 13.4. The molecule has 186 valence electrons. The molecule has 1 aliphatic heterocycles. The van der Waals surface area contributed by atoms with Crippen LogP contribution in [0.3, 0.4) is 0 Å². The first-order valence-corrected chi connectivity index (χ1v) is 13.0. The molecular formula is C29H41NO4. The summed E-state index contributed by atoms with van der Waals surface area (Å²) in [6.07, 6.45) is 5.53. The van der Waals surface area contributed by atoms with Crippen LogP contribution in [0.5, 0.6) is 0 Å². The maximum Gasteiger partial charge on any atom is 0.111 e. The van der Waals surface area contributed by atoms with Crippen LogP contribution in [0.15, 0.2) is 60.7 Å². The van der Waals surface area contributed by atoms with Crippen molar-refractivity contribution in [2.45, 2.75) is 76.7 Å². The highest BCUT2D eigenvalue weighted by Crippen LogP contribution is 2.30. The van der Waals surface area contributed by atoms with Crippen molar-refractivity contribution in [3.63, 3.8) is 0 Å². The van der Waals surface area contributed by atoms with Gasteiger partial charge < -0.3 is 19.3 Å². The molecule has 1 saturated carbocycles. The van der Waals surface area contributed by atoms with Crippen LogP contribution < -0.4 is 0 Å². The molecule has 1 aliphatic carbocycles. The summed E-state index contributed by atoms with van der Waals surface area (Å²) in [6.45, 7) is 6.02. The molecule has 4 atom stereocenters. The van der Waals surface area contributed by atoms with E-state index in [1.165, 1.54) is 32.1 Å². The van der Waals surface area contributed by atoms with Crippen LogP contribution in [0.25, 0.3) is 0 Å². The highest BCUT2D eigenvalue weighted by atomic mass is 16.5. The summed E-state index contributed by atoms with van der Waals surface area (Å²) in [5, 5.41) is 11.3. The zero-order valence-corrected chi connectivity index (χ0v) is 20.6. The fraction of sp³-hybridized carbons (Fsp3) is 0.586. The van der Waals surface area contributed by atoms with Crippen LogP contribution >= 0.6 is 0 Å². The smallest absolute Gasteiger partial charge is 0.111 e. The molecule has 0 bridgehead atoms. The molecule has 0 radical (unpaired) electrons. The highest BCUT2D eigenvalue weighted by molar-refractivity contribution is 5.14. The maximum atomic E-state index is 11.3. The Balaban J connectivity index is 1.35. The van der Waals surface area contributed by atoms with Crippen molar-refractivity contribution in [2.75, 3.05) is 26.2 Å². The maximum absolute atomic E-state index is 11.3. The van der Waals surface area contributed by atoms with E-state index in [4.69, 9.17) is 14.2 Å². The van der Waals surface area contributed by atoms with Crippen LogP contribution in [-0.2, 0) is 27.4 Å². The second-order valence-electron chi connectivity index (χ2n) is 9.90. The van der Waals surface area contributed by atoms with Gasteiger partial charge in [-0.2, -0.15) is 0 Å². The lowest BCUT2D eigenvalue weighted by atomic mass is 9.84. The molecule has 4 rings (SSSR count). The van der Waals surface area contributed by atoms with Gasteiger partial charge in [-0.05, 0) is 36.8 Å². The average Bonchev–Trinajstić information content (AvgIpc) is 2.89. The molecule has 5 heteroatoms. The van der Waals surface area contributed by atoms with Gasteiger partial charge in [-0.25, -0.2) is 0 Å². The molecule has 1 N–H and O–H groups in total. The number of benzene rings is 2. The molecule has 0 amide bonds. The highest BCUT2D eigenvalue weighted by Gasteiger charge is 2.33. The fourth-order valence-electron chi connectivity index (χ4n) is 5.28. The van der Waals surface area contributed by atoms with E-state index in [0.29, 0.717) is 25.7 Å². The van der Waals surface area contributed by atoms with E-state index in [-0.39, 0.29) is 12.2 Å². The second-order valence-corrected chi connectivity index (χ2v) is 9.90. The summed E-state index contributed by atoms with van der Waals surface area (Å²) < 4.78 is 18.6. The average molecular weight is 468 g/mol. The Bertz CT molecular complexity index is 811. The molecule has 0 spiro atoms. The third kappa shape index (κ3) is 7.62. The number of aliphatic hydroxyl groups excluding tert-OH is 1. The van der Waals surface area contributed by atoms with Crippen molar-refractivity contribution in [2.24, 2.45) is 5.92 Å². The van der Waals surface area contributed by atoms with Crippen LogP contribution in [0.1, 0.15) is 50.2 Å². The molecule has 2 fully saturated rings. The number of morpholine rings is 1. The summed E-state index contributed by atoms with van der Waals surface area (Å²) in [5.74, 6) is 0.659. The normalized spacial score (nSPS) is 22.8. The van der Waals surface area contributed by atoms with Crippen LogP contribution in [0.2, 0.25) is 0 Å². The molecule has 1 heterocycles. The summed E-state index contributed by atoms with van der Waals surface area (Å²) in [4.78, 5) is 2.36. The van der Waals surface area contributed by atoms with Crippen LogP contribution in [0.4, 0.5) is 0 Å². The number of hydrogen-bond acceptors (Lipinski definition) is 5. The number of rotatable bonds is 11. The lowest BCUT2D eigenvalue weighted by Gasteiger charge is -2.40. The van der Waals surface area contributed by atoms with Crippen LogP contribution in [-0.4, -0.2) is 60.7 Å². The van der Waals surface area contributed by atoms with Gasteiger partial charge in [-0.1, -0.05) is 79.9 Å². The first kappa shape index (κ1) is 25.3. The standard InChI is InChI=1S/C29H41NO4/c1-23(33-21-24-11-5-2-6-12-24)29(34-22-25-13-7-3-8-14-25)27(31)19-30-17-18-32-28(20-30)26-15-9-4-10-16-26/h2-3,5-8,11-14,23,26-29,31H,4,9-10,15-22H2,1H3/t23-,27+,28?,29-/m0/s1. The number of β-amino-alcohol motifs (C(OH)–C–C–N with tert-alkyl or cyclic N) is 1. The molecule has 1 saturated heterocycles. The Labute approximate surface area is 205 Å². The van der Waals surface area contributed by atoms with E-state index in [1.54, 1.807) is 0 Å². The van der Waals surface area contributed by atoms with Crippen molar-refractivity contribution in [3.8, 4) is 0 Å². The van der Waals surface area contributed by atoms with Gasteiger partial charge in [0.15, 0.2) is 0 Å². The van der Waals surface area contributed by atoms with Gasteiger partial charge in [0.1, 0.15) is 6.10 Å². The summed E-state index contributed by atoms with van der Waals surface area (Å²) in [5.41, 5.74) is 2.22. The Morgan fingerprint density at radius 1 is 0.912 bits per heavy atom. The van der Waals surface area contributed by atoms with E-state index in [2.05, 4.69) is 29.2 Å². The largest absolute Gasteiger partial charge is 0.389 e. The molecule has 2 aromatic carbocycles. The Morgan fingerprint density at radius 2 is 1.53 bits per heavy atom. The Kier molecular flexibility index (Phi) is 9.96. The first-order chi connectivity index (χ1) is 16.7. The SMILES string of the molecule is C[C@H](OCc1ccccc1)[C@H](OCc1ccccc1)[C@H](O)CN1CCOC(C2CCCCC2)C1. The number of aliphatic hydroxyl groups is 1. The Hall–Kier alpha value is -1.76. The molecule has 1 unspecified atom stereocenters. The lowest BCUT2D eigenvalue weighted by Crippen LogP contribution is -2.52. The van der Waals surface area contributed by atoms with E-state index >= 15 is 0 Å². The molecule has 2 aliphatic rings. The Morgan fingerprint density at radius 3 is 2.18 bits per heavy atom. The zero-order chi connectivity index (χ0) is 23.6. The minimum absolute atomic E-state index is 0.242. The first-order valence-electron chi connectivity index (χ1n) is 13.0. The van der Waals surface area contributed by atoms with Gasteiger partial charge in [-0.15, -0.1) is 0 Å². The van der Waals surface area contributed by atoms with Crippen molar-refractivity contribution in [1.29, 1.82) is 0 Å². The molecule has 5 nitrogen and oxygen atoms in total. The van der Waals surface area contributed by atoms with Gasteiger partial charge >= 0.3 is 0 Å². The third-order valence-corrected chi connectivity index (χ3v) is 7.28. The third-order valence-electron chi connectivity index (χ3n) is 7.28. The van der Waals surface area contributed by atoms with Gasteiger partial charge in [0.05, 0.1) is 38.1 Å². The van der Waals surface area contributed by atoms with Gasteiger partial charge in [0, 0.05) is 19.6 Å². The minimum atomic E-state index is -0.639. The lowest BCUT2D eigenvalue weighted by molar-refractivity contribution is -0.139. The monoisotopic (exact) mass is 467 g/mol. The number of nitrogens with zero attached hydrogens (tertiary/aromatic N) is 1. The van der Waals surface area contributed by atoms with E-state index in [0.717, 1.165) is 30.8 Å². The van der Waals surface area contributed by atoms with Crippen molar-refractivity contribution in [3.05, 3.63) is 71.8 Å². The predicted molar refractivity (Wildman–Crippen MR) is 134 cm³/mol. The molecule has 2 aromatic rings. The topological polar surface area (TPSA) is 51.2 Å². The quantitative estimate of drug-likeness (QED) is 0.514. The zero-order valence-electron chi connectivity index (χ0n) is 20.6. The number of hydrogen-bond donors (Lipinski definition) is 1. The molecular weight excluding hydrogens is 426 g/mol. The predicted octanol–water partition coefficient (Wildman–Crippen LogP) is 4.82. The summed E-state index contributed by atoms with van der Waals surface area (Å²) in [6, 6.07) is 20.3. The van der Waals surface area contributed by atoms with Crippen LogP contribution in [0, 0.1) is 5.92 Å². The van der Waals surface area contributed by atoms with Gasteiger partial charge in [0.25, 0.3) is 0 Å². The fourth-order valence-corrected chi connectivity index (χ4v) is 5.28. The summed E-state index contributed by atoms with van der Waals surface area (Å²) >= 11 is 0. The number of ether oxygens (including phenoxy) is 3. The molecule has 34 heavy (non-hydrogen) atoms. The minimum Gasteiger partial charge on any atom is -0.389 e. The van der Waals surface area contributed by atoms with E-state index in [1.807, 2.05) is 43.3 Å². The van der Waals surface area contributed by atoms with Crippen molar-refractivity contribution >= 4 is 0 Å². The van der Waals surface area contributed by atoms with E-state index in [9.17, 15) is 5.11 Å². The van der Waals surface area contributed by atoms with E-state index < -0.39 is 12.2 Å². The summed E-state index contributed by atoms with van der Waals surface area (Å²) in [7, 11) is 0.